The number of hydrogen-bond donors (Lipinski definition) is 2. The smallest absolute Gasteiger partial charge is 0.338 e. The van der Waals surface area contributed by atoms with E-state index in [9.17, 15) is 19.8 Å². The summed E-state index contributed by atoms with van der Waals surface area (Å²) in [7, 11) is 0. The molecule has 0 bridgehead atoms. The highest BCUT2D eigenvalue weighted by molar-refractivity contribution is 5.94. The molecule has 2 fully saturated rings. The third kappa shape index (κ3) is 4.24. The molecule has 1 saturated heterocycles. The van der Waals surface area contributed by atoms with E-state index in [4.69, 9.17) is 9.47 Å². The molecule has 6 rings (SSSR count). The summed E-state index contributed by atoms with van der Waals surface area (Å²) in [6.45, 7) is 8.04. The van der Waals surface area contributed by atoms with Crippen molar-refractivity contribution in [3.05, 3.63) is 68.8 Å². The summed E-state index contributed by atoms with van der Waals surface area (Å²) in [5, 5.41) is 22.5. The summed E-state index contributed by atoms with van der Waals surface area (Å²) in [6.07, 6.45) is 3.19. The number of benzene rings is 2. The van der Waals surface area contributed by atoms with E-state index in [1.54, 1.807) is 12.1 Å². The van der Waals surface area contributed by atoms with Crippen LogP contribution >= 0.6 is 0 Å². The van der Waals surface area contributed by atoms with Gasteiger partial charge in [-0.05, 0) is 61.1 Å². The standard InChI is InChI=1S/C30H36N2O6/c1-18-20(5-7-22-24(18)15-37-28(22)35)26(33)13-31-11-12-32(30(17-31)9-3-4-10-30)14-27(34)21-6-8-23-25(19(21)2)16-38-29(23)36/h5-8,26-27,33-34H,3-4,9-17H2,1-2H3. The minimum absolute atomic E-state index is 0.0180. The Morgan fingerprint density at radius 1 is 0.816 bits per heavy atom. The summed E-state index contributed by atoms with van der Waals surface area (Å²) < 4.78 is 10.4. The van der Waals surface area contributed by atoms with Crippen molar-refractivity contribution in [2.24, 2.45) is 0 Å². The van der Waals surface area contributed by atoms with Crippen LogP contribution in [0.3, 0.4) is 0 Å². The van der Waals surface area contributed by atoms with Gasteiger partial charge in [0, 0.05) is 49.4 Å². The van der Waals surface area contributed by atoms with Crippen molar-refractivity contribution in [2.75, 3.05) is 32.7 Å². The number of hydrogen-bond acceptors (Lipinski definition) is 8. The number of ether oxygens (including phenoxy) is 2. The van der Waals surface area contributed by atoms with Crippen LogP contribution in [0.25, 0.3) is 0 Å². The molecule has 0 aromatic heterocycles. The van der Waals surface area contributed by atoms with E-state index in [0.29, 0.717) is 24.2 Å². The second-order valence-corrected chi connectivity index (χ2v) is 11.4. The zero-order chi connectivity index (χ0) is 26.6. The fourth-order valence-corrected chi connectivity index (χ4v) is 7.15. The lowest BCUT2D eigenvalue weighted by atomic mass is 9.89. The Morgan fingerprint density at radius 2 is 1.34 bits per heavy atom. The number of nitrogens with zero attached hydrogens (tertiary/aromatic N) is 2. The molecule has 2 aromatic rings. The highest BCUT2D eigenvalue weighted by atomic mass is 16.5. The first-order valence-corrected chi connectivity index (χ1v) is 13.7. The number of aliphatic hydroxyl groups excluding tert-OH is 2. The van der Waals surface area contributed by atoms with Crippen LogP contribution in [0.15, 0.2) is 24.3 Å². The summed E-state index contributed by atoms with van der Waals surface area (Å²) in [5.74, 6) is -0.577. The van der Waals surface area contributed by atoms with Crippen LogP contribution in [0, 0.1) is 13.8 Å². The van der Waals surface area contributed by atoms with Crippen LogP contribution in [0.1, 0.15) is 92.0 Å². The largest absolute Gasteiger partial charge is 0.457 e. The van der Waals surface area contributed by atoms with Gasteiger partial charge in [-0.15, -0.1) is 0 Å². The molecule has 2 aromatic carbocycles. The third-order valence-electron chi connectivity index (χ3n) is 9.37. The predicted octanol–water partition coefficient (Wildman–Crippen LogP) is 3.34. The maximum atomic E-state index is 11.9. The Balaban J connectivity index is 1.16. The van der Waals surface area contributed by atoms with Gasteiger partial charge in [0.1, 0.15) is 13.2 Å². The van der Waals surface area contributed by atoms with Gasteiger partial charge in [-0.25, -0.2) is 9.59 Å². The van der Waals surface area contributed by atoms with Crippen molar-refractivity contribution in [3.63, 3.8) is 0 Å². The summed E-state index contributed by atoms with van der Waals surface area (Å²) in [4.78, 5) is 28.7. The fourth-order valence-electron chi connectivity index (χ4n) is 7.15. The number of fused-ring (bicyclic) bond motifs is 2. The fraction of sp³-hybridized carbons (Fsp3) is 0.533. The molecule has 3 aliphatic heterocycles. The topological polar surface area (TPSA) is 99.5 Å². The Morgan fingerprint density at radius 3 is 1.89 bits per heavy atom. The lowest BCUT2D eigenvalue weighted by Crippen LogP contribution is -2.62. The number of piperazine rings is 1. The zero-order valence-electron chi connectivity index (χ0n) is 22.2. The zero-order valence-corrected chi connectivity index (χ0v) is 22.2. The number of esters is 2. The second kappa shape index (κ2) is 9.75. The van der Waals surface area contributed by atoms with Crippen molar-refractivity contribution in [1.29, 1.82) is 0 Å². The molecule has 1 aliphatic carbocycles. The van der Waals surface area contributed by atoms with Gasteiger partial charge in [0.05, 0.1) is 23.3 Å². The predicted molar refractivity (Wildman–Crippen MR) is 140 cm³/mol. The van der Waals surface area contributed by atoms with E-state index in [2.05, 4.69) is 9.80 Å². The molecular weight excluding hydrogens is 484 g/mol. The van der Waals surface area contributed by atoms with E-state index < -0.39 is 12.2 Å². The quantitative estimate of drug-likeness (QED) is 0.560. The van der Waals surface area contributed by atoms with Crippen molar-refractivity contribution in [1.82, 2.24) is 9.80 Å². The van der Waals surface area contributed by atoms with E-state index in [1.165, 1.54) is 0 Å². The molecule has 8 nitrogen and oxygen atoms in total. The number of carbonyl (C=O) groups excluding carboxylic acids is 2. The average Bonchev–Trinajstić information content (AvgIpc) is 3.62. The Bertz CT molecular complexity index is 1280. The number of carbonyl (C=O) groups is 2. The summed E-state index contributed by atoms with van der Waals surface area (Å²) in [6, 6.07) is 7.29. The van der Waals surface area contributed by atoms with Crippen molar-refractivity contribution >= 4 is 11.9 Å². The number of rotatable bonds is 6. The molecule has 8 heteroatoms. The molecule has 1 spiro atoms. The average molecular weight is 521 g/mol. The number of β-amino-alcohol motifs (C(OH)–C–C–N with tert-alkyl or cyclic N) is 2. The Hall–Kier alpha value is -2.78. The molecular formula is C30H36N2O6. The van der Waals surface area contributed by atoms with E-state index in [1.807, 2.05) is 26.0 Å². The van der Waals surface area contributed by atoms with Gasteiger partial charge in [0.25, 0.3) is 0 Å². The van der Waals surface area contributed by atoms with Crippen molar-refractivity contribution in [2.45, 2.75) is 70.5 Å². The minimum atomic E-state index is -0.649. The highest BCUT2D eigenvalue weighted by Gasteiger charge is 2.44. The normalized spacial score (nSPS) is 22.3. The van der Waals surface area contributed by atoms with Gasteiger partial charge < -0.3 is 19.7 Å². The lowest BCUT2D eigenvalue weighted by Gasteiger charge is -2.50. The van der Waals surface area contributed by atoms with Crippen molar-refractivity contribution in [3.8, 4) is 0 Å². The molecule has 202 valence electrons. The maximum Gasteiger partial charge on any atom is 0.338 e. The molecule has 4 aliphatic rings. The first-order valence-electron chi connectivity index (χ1n) is 13.7. The first-order chi connectivity index (χ1) is 18.3. The number of cyclic esters (lactones) is 2. The Kier molecular flexibility index (Phi) is 6.54. The lowest BCUT2D eigenvalue weighted by molar-refractivity contribution is -0.0377. The van der Waals surface area contributed by atoms with Gasteiger partial charge in [-0.2, -0.15) is 0 Å². The third-order valence-corrected chi connectivity index (χ3v) is 9.37. The minimum Gasteiger partial charge on any atom is -0.457 e. The summed E-state index contributed by atoms with van der Waals surface area (Å²) >= 11 is 0. The molecule has 3 heterocycles. The van der Waals surface area contributed by atoms with Crippen LogP contribution in [0.4, 0.5) is 0 Å². The SMILES string of the molecule is Cc1c(C(O)CN2CCN(CC(O)c3ccc4c(c3C)COC4=O)C3(CCCC3)C2)ccc2c1COC2=O. The monoisotopic (exact) mass is 520 g/mol. The molecule has 38 heavy (non-hydrogen) atoms. The highest BCUT2D eigenvalue weighted by Crippen LogP contribution is 2.40. The van der Waals surface area contributed by atoms with Gasteiger partial charge >= 0.3 is 11.9 Å². The van der Waals surface area contributed by atoms with Crippen molar-refractivity contribution < 1.29 is 29.3 Å². The van der Waals surface area contributed by atoms with Gasteiger partial charge in [0.15, 0.2) is 0 Å². The molecule has 2 atom stereocenters. The molecule has 1 saturated carbocycles. The van der Waals surface area contributed by atoms with E-state index >= 15 is 0 Å². The second-order valence-electron chi connectivity index (χ2n) is 11.4. The van der Waals surface area contributed by atoms with Gasteiger partial charge in [-0.3, -0.25) is 9.80 Å². The molecule has 2 unspecified atom stereocenters. The Labute approximate surface area is 223 Å². The van der Waals surface area contributed by atoms with Gasteiger partial charge in [0.2, 0.25) is 0 Å². The molecule has 0 radical (unpaired) electrons. The van der Waals surface area contributed by atoms with Crippen LogP contribution in [0.2, 0.25) is 0 Å². The number of aliphatic hydroxyl groups is 2. The van der Waals surface area contributed by atoms with Gasteiger partial charge in [-0.1, -0.05) is 25.0 Å². The van der Waals surface area contributed by atoms with Crippen LogP contribution in [0.5, 0.6) is 0 Å². The van der Waals surface area contributed by atoms with Crippen LogP contribution in [-0.2, 0) is 22.7 Å². The molecule has 0 amide bonds. The van der Waals surface area contributed by atoms with Crippen LogP contribution < -0.4 is 0 Å². The molecule has 2 N–H and O–H groups in total. The van der Waals surface area contributed by atoms with Crippen LogP contribution in [-0.4, -0.2) is 70.2 Å². The first kappa shape index (κ1) is 25.5. The van der Waals surface area contributed by atoms with E-state index in [0.717, 1.165) is 78.7 Å². The maximum absolute atomic E-state index is 11.9. The summed E-state index contributed by atoms with van der Waals surface area (Å²) in [5.41, 5.74) is 6.57. The van der Waals surface area contributed by atoms with E-state index in [-0.39, 0.29) is 30.7 Å².